The fraction of sp³-hybridized carbons (Fsp3) is 0.455. The SMILES string of the molecule is CCCCn1c(N)c(N(CCC(C)C)C(=O)Cn2nnc(-c3ccccc3)n2)c(=O)[nH]c1=O. The number of nitrogen functional groups attached to an aromatic ring is 1. The molecule has 0 aliphatic heterocycles. The number of aromatic amines is 1. The molecule has 2 heterocycles. The Bertz CT molecular complexity index is 1200. The van der Waals surface area contributed by atoms with E-state index in [9.17, 15) is 14.4 Å². The van der Waals surface area contributed by atoms with Gasteiger partial charge in [-0.1, -0.05) is 57.5 Å². The maximum atomic E-state index is 13.3. The predicted octanol–water partition coefficient (Wildman–Crippen LogP) is 1.65. The van der Waals surface area contributed by atoms with Gasteiger partial charge in [0.1, 0.15) is 12.4 Å². The van der Waals surface area contributed by atoms with Crippen LogP contribution in [0.25, 0.3) is 11.4 Å². The topological polar surface area (TPSA) is 145 Å². The van der Waals surface area contributed by atoms with Gasteiger partial charge >= 0.3 is 5.69 Å². The third kappa shape index (κ3) is 5.73. The number of hydrogen-bond donors (Lipinski definition) is 2. The fourth-order valence-electron chi connectivity index (χ4n) is 3.34. The number of nitrogens with one attached hydrogen (secondary N) is 1. The second-order valence-corrected chi connectivity index (χ2v) is 8.24. The number of benzene rings is 1. The van der Waals surface area contributed by atoms with E-state index in [1.807, 2.05) is 51.1 Å². The first-order chi connectivity index (χ1) is 15.8. The van der Waals surface area contributed by atoms with E-state index in [-0.39, 0.29) is 30.5 Å². The standard InChI is InChI=1S/C22H30N8O3/c1-4-5-12-29-19(23)18(21(32)24-22(29)33)28(13-11-15(2)3)17(31)14-30-26-20(25-27-30)16-9-7-6-8-10-16/h6-10,15H,4-5,11-14,23H2,1-3H3,(H,24,32,33). The summed E-state index contributed by atoms with van der Waals surface area (Å²) in [6.45, 7) is 6.40. The number of nitrogens with two attached hydrogens (primary N) is 1. The number of nitrogens with zero attached hydrogens (tertiary/aromatic N) is 6. The molecule has 176 valence electrons. The van der Waals surface area contributed by atoms with Crippen molar-refractivity contribution in [3.8, 4) is 11.4 Å². The molecule has 0 saturated heterocycles. The van der Waals surface area contributed by atoms with E-state index in [1.54, 1.807) is 0 Å². The molecule has 0 radical (unpaired) electrons. The molecule has 2 aromatic heterocycles. The quantitative estimate of drug-likeness (QED) is 0.474. The molecule has 0 aliphatic carbocycles. The molecule has 1 aromatic carbocycles. The molecule has 3 N–H and O–H groups in total. The lowest BCUT2D eigenvalue weighted by molar-refractivity contribution is -0.119. The van der Waals surface area contributed by atoms with Crippen molar-refractivity contribution in [2.45, 2.75) is 53.1 Å². The summed E-state index contributed by atoms with van der Waals surface area (Å²) in [4.78, 5) is 43.1. The summed E-state index contributed by atoms with van der Waals surface area (Å²) in [5.74, 6) is 0.222. The molecule has 11 heteroatoms. The highest BCUT2D eigenvalue weighted by Crippen LogP contribution is 2.19. The lowest BCUT2D eigenvalue weighted by Crippen LogP contribution is -2.43. The summed E-state index contributed by atoms with van der Waals surface area (Å²) in [6.07, 6.45) is 2.19. The van der Waals surface area contributed by atoms with Gasteiger partial charge in [-0.2, -0.15) is 4.80 Å². The highest BCUT2D eigenvalue weighted by atomic mass is 16.2. The van der Waals surface area contributed by atoms with E-state index in [0.717, 1.165) is 12.0 Å². The molecule has 0 fully saturated rings. The van der Waals surface area contributed by atoms with Gasteiger partial charge in [0.25, 0.3) is 11.5 Å². The highest BCUT2D eigenvalue weighted by Gasteiger charge is 2.25. The zero-order valence-corrected chi connectivity index (χ0v) is 19.2. The average Bonchev–Trinajstić information content (AvgIpc) is 3.24. The smallest absolute Gasteiger partial charge is 0.330 e. The molecule has 0 unspecified atom stereocenters. The van der Waals surface area contributed by atoms with E-state index in [2.05, 4.69) is 20.4 Å². The van der Waals surface area contributed by atoms with Crippen LogP contribution in [-0.2, 0) is 17.9 Å². The molecule has 0 aliphatic rings. The van der Waals surface area contributed by atoms with Crippen LogP contribution in [0.4, 0.5) is 11.5 Å². The fourth-order valence-corrected chi connectivity index (χ4v) is 3.34. The van der Waals surface area contributed by atoms with Crippen molar-refractivity contribution >= 4 is 17.4 Å². The summed E-state index contributed by atoms with van der Waals surface area (Å²) in [5.41, 5.74) is 5.71. The number of unbranched alkanes of at least 4 members (excludes halogenated alkanes) is 1. The Hall–Kier alpha value is -3.76. The third-order valence-corrected chi connectivity index (χ3v) is 5.21. The number of anilines is 2. The first-order valence-corrected chi connectivity index (χ1v) is 11.1. The molecule has 1 amide bonds. The number of hydrogen-bond acceptors (Lipinski definition) is 7. The van der Waals surface area contributed by atoms with E-state index in [0.29, 0.717) is 25.2 Å². The molecule has 0 spiro atoms. The van der Waals surface area contributed by atoms with Gasteiger partial charge in [-0.15, -0.1) is 10.2 Å². The average molecular weight is 455 g/mol. The number of tetrazole rings is 1. The minimum absolute atomic E-state index is 0.0224. The second-order valence-electron chi connectivity index (χ2n) is 8.24. The molecule has 33 heavy (non-hydrogen) atoms. The van der Waals surface area contributed by atoms with Crippen molar-refractivity contribution in [3.05, 3.63) is 51.2 Å². The Balaban J connectivity index is 1.93. The number of H-pyrrole nitrogens is 1. The van der Waals surface area contributed by atoms with Crippen LogP contribution in [0.1, 0.15) is 40.0 Å². The molecule has 0 atom stereocenters. The zero-order chi connectivity index (χ0) is 24.0. The molecule has 11 nitrogen and oxygen atoms in total. The minimum atomic E-state index is -0.695. The van der Waals surface area contributed by atoms with Gasteiger partial charge in [0, 0.05) is 18.7 Å². The molecule has 3 rings (SSSR count). The van der Waals surface area contributed by atoms with Crippen LogP contribution >= 0.6 is 0 Å². The predicted molar refractivity (Wildman–Crippen MR) is 126 cm³/mol. The van der Waals surface area contributed by atoms with Crippen molar-refractivity contribution in [2.24, 2.45) is 5.92 Å². The van der Waals surface area contributed by atoms with Crippen molar-refractivity contribution < 1.29 is 4.79 Å². The molecule has 3 aromatic rings. The van der Waals surface area contributed by atoms with Crippen LogP contribution in [0.15, 0.2) is 39.9 Å². The van der Waals surface area contributed by atoms with Crippen molar-refractivity contribution in [1.29, 1.82) is 0 Å². The van der Waals surface area contributed by atoms with Crippen LogP contribution in [0, 0.1) is 5.92 Å². The summed E-state index contributed by atoms with van der Waals surface area (Å²) in [7, 11) is 0. The zero-order valence-electron chi connectivity index (χ0n) is 19.2. The van der Waals surface area contributed by atoms with Gasteiger partial charge in [-0.3, -0.25) is 19.1 Å². The van der Waals surface area contributed by atoms with Crippen LogP contribution in [-0.4, -0.2) is 42.2 Å². The summed E-state index contributed by atoms with van der Waals surface area (Å²) < 4.78 is 1.30. The number of amides is 1. The van der Waals surface area contributed by atoms with Crippen molar-refractivity contribution in [2.75, 3.05) is 17.2 Å². The van der Waals surface area contributed by atoms with Crippen molar-refractivity contribution in [3.63, 3.8) is 0 Å². The minimum Gasteiger partial charge on any atom is -0.383 e. The number of carbonyl (C=O) groups excluding carboxylic acids is 1. The Kier molecular flexibility index (Phi) is 7.75. The van der Waals surface area contributed by atoms with Crippen molar-refractivity contribution in [1.82, 2.24) is 29.8 Å². The van der Waals surface area contributed by atoms with E-state index < -0.39 is 17.2 Å². The number of rotatable bonds is 10. The Morgan fingerprint density at radius 1 is 1.21 bits per heavy atom. The molecular formula is C22H30N8O3. The van der Waals surface area contributed by atoms with E-state index in [1.165, 1.54) is 14.3 Å². The van der Waals surface area contributed by atoms with E-state index in [4.69, 9.17) is 5.73 Å². The van der Waals surface area contributed by atoms with Crippen LogP contribution < -0.4 is 21.9 Å². The first kappa shape index (κ1) is 23.9. The molecule has 0 bridgehead atoms. The van der Waals surface area contributed by atoms with E-state index >= 15 is 0 Å². The lowest BCUT2D eigenvalue weighted by Gasteiger charge is -2.25. The molecule has 0 saturated carbocycles. The van der Waals surface area contributed by atoms with Crippen LogP contribution in [0.5, 0.6) is 0 Å². The Labute approximate surface area is 191 Å². The van der Waals surface area contributed by atoms with Gasteiger partial charge in [-0.05, 0) is 24.0 Å². The van der Waals surface area contributed by atoms with Gasteiger partial charge < -0.3 is 10.6 Å². The second kappa shape index (κ2) is 10.7. The first-order valence-electron chi connectivity index (χ1n) is 11.1. The third-order valence-electron chi connectivity index (χ3n) is 5.21. The maximum absolute atomic E-state index is 13.3. The maximum Gasteiger partial charge on any atom is 0.330 e. The lowest BCUT2D eigenvalue weighted by atomic mass is 10.1. The van der Waals surface area contributed by atoms with Gasteiger partial charge in [-0.25, -0.2) is 4.79 Å². The van der Waals surface area contributed by atoms with Crippen LogP contribution in [0.2, 0.25) is 0 Å². The number of carbonyl (C=O) groups is 1. The molecular weight excluding hydrogens is 424 g/mol. The highest BCUT2D eigenvalue weighted by molar-refractivity contribution is 5.95. The monoisotopic (exact) mass is 454 g/mol. The van der Waals surface area contributed by atoms with Crippen LogP contribution in [0.3, 0.4) is 0 Å². The Morgan fingerprint density at radius 3 is 2.61 bits per heavy atom. The summed E-state index contributed by atoms with van der Waals surface area (Å²) in [5, 5.41) is 12.3. The van der Waals surface area contributed by atoms with Gasteiger partial charge in [0.05, 0.1) is 0 Å². The normalized spacial score (nSPS) is 11.2. The summed E-state index contributed by atoms with van der Waals surface area (Å²) >= 11 is 0. The summed E-state index contributed by atoms with van der Waals surface area (Å²) in [6, 6.07) is 9.29. The Morgan fingerprint density at radius 2 is 1.94 bits per heavy atom. The number of aromatic nitrogens is 6. The van der Waals surface area contributed by atoms with Gasteiger partial charge in [0.2, 0.25) is 5.82 Å². The van der Waals surface area contributed by atoms with Gasteiger partial charge in [0.15, 0.2) is 5.69 Å². The largest absolute Gasteiger partial charge is 0.383 e.